The second-order valence-electron chi connectivity index (χ2n) is 12.0. The largest absolute Gasteiger partial charge is 0.467 e. The number of carbonyl (C=O) groups is 2. The maximum absolute atomic E-state index is 13.4. The van der Waals surface area contributed by atoms with Crippen LogP contribution >= 0.6 is 0 Å². The van der Waals surface area contributed by atoms with Gasteiger partial charge in [-0.2, -0.15) is 0 Å². The van der Waals surface area contributed by atoms with E-state index in [0.717, 1.165) is 25.5 Å². The lowest BCUT2D eigenvalue weighted by Crippen LogP contribution is -2.65. The van der Waals surface area contributed by atoms with Gasteiger partial charge in [0, 0.05) is 17.3 Å². The van der Waals surface area contributed by atoms with E-state index in [-0.39, 0.29) is 36.1 Å². The minimum Gasteiger partial charge on any atom is -0.467 e. The number of ether oxygens (including phenoxy) is 3. The number of hydrogen-bond acceptors (Lipinski definition) is 10. The molecule has 1 aliphatic heterocycles. The van der Waals surface area contributed by atoms with Gasteiger partial charge in [-0.3, -0.25) is 4.79 Å². The smallest absolute Gasteiger partial charge is 0.337 e. The zero-order chi connectivity index (χ0) is 27.5. The summed E-state index contributed by atoms with van der Waals surface area (Å²) in [5.74, 6) is -1.42. The Hall–Kier alpha value is -1.66. The van der Waals surface area contributed by atoms with Crippen LogP contribution in [0.5, 0.6) is 0 Å². The molecule has 3 fully saturated rings. The summed E-state index contributed by atoms with van der Waals surface area (Å²) in [7, 11) is 1.10. The third-order valence-electron chi connectivity index (χ3n) is 9.65. The van der Waals surface area contributed by atoms with Gasteiger partial charge in [-0.25, -0.2) is 4.79 Å². The van der Waals surface area contributed by atoms with Crippen LogP contribution in [-0.2, 0) is 23.8 Å². The van der Waals surface area contributed by atoms with Crippen LogP contribution in [0.1, 0.15) is 46.5 Å². The number of esters is 1. The number of hydrogen-bond donors (Lipinski definition) is 5. The fourth-order valence-electron chi connectivity index (χ4n) is 7.26. The van der Waals surface area contributed by atoms with E-state index < -0.39 is 59.7 Å². The molecular weight excluding hydrogens is 484 g/mol. The topological polar surface area (TPSA) is 163 Å². The first-order valence-electron chi connectivity index (χ1n) is 12.9. The van der Waals surface area contributed by atoms with Crippen LogP contribution in [0, 0.1) is 28.1 Å². The van der Waals surface area contributed by atoms with Crippen molar-refractivity contribution < 1.29 is 49.3 Å². The van der Waals surface area contributed by atoms with Crippen molar-refractivity contribution in [1.82, 2.24) is 0 Å². The summed E-state index contributed by atoms with van der Waals surface area (Å²) >= 11 is 0. The zero-order valence-corrected chi connectivity index (χ0v) is 21.9. The van der Waals surface area contributed by atoms with Gasteiger partial charge < -0.3 is 39.7 Å². The Morgan fingerprint density at radius 1 is 1.16 bits per heavy atom. The molecule has 10 heteroatoms. The van der Waals surface area contributed by atoms with Crippen LogP contribution in [0.15, 0.2) is 24.3 Å². The Bertz CT molecular complexity index is 965. The summed E-state index contributed by atoms with van der Waals surface area (Å²) in [6.45, 7) is 9.52. The van der Waals surface area contributed by atoms with Gasteiger partial charge in [-0.1, -0.05) is 32.9 Å². The number of fused-ring (bicyclic) bond motifs is 3. The number of allylic oxidation sites excluding steroid dienone is 3. The van der Waals surface area contributed by atoms with E-state index in [1.54, 1.807) is 6.92 Å². The monoisotopic (exact) mass is 524 g/mol. The first-order chi connectivity index (χ1) is 17.2. The SMILES string of the molecule is C=C[C@]1(C)C=C2C(=O)C[C@H]3[C@@](C)(CO[C@@H]4O[C@H](C(=O)OC)[C@@H](O)[C@@H](O)[C@@H]4O)[C@@H](O)[C@H](O)C[C@]3(C)C2CC1. The van der Waals surface area contributed by atoms with E-state index in [4.69, 9.17) is 9.47 Å². The Labute approximate surface area is 216 Å². The van der Waals surface area contributed by atoms with Crippen molar-refractivity contribution in [2.45, 2.75) is 89.4 Å². The van der Waals surface area contributed by atoms with Crippen LogP contribution in [-0.4, -0.2) is 93.9 Å². The molecule has 0 bridgehead atoms. The van der Waals surface area contributed by atoms with Gasteiger partial charge in [0.05, 0.1) is 25.9 Å². The zero-order valence-electron chi connectivity index (χ0n) is 21.9. The van der Waals surface area contributed by atoms with E-state index in [2.05, 4.69) is 11.3 Å². The number of methoxy groups -OCH3 is 1. The molecule has 4 aliphatic rings. The number of aliphatic hydroxyl groups is 5. The average molecular weight is 525 g/mol. The number of rotatable bonds is 5. The second kappa shape index (κ2) is 9.82. The third kappa shape index (κ3) is 4.50. The molecule has 3 aliphatic carbocycles. The second-order valence-corrected chi connectivity index (χ2v) is 12.0. The molecule has 12 atom stereocenters. The molecule has 4 rings (SSSR count). The molecule has 0 aromatic rings. The highest BCUT2D eigenvalue weighted by molar-refractivity contribution is 5.97. The molecule has 1 saturated heterocycles. The highest BCUT2D eigenvalue weighted by atomic mass is 16.7. The van der Waals surface area contributed by atoms with Crippen molar-refractivity contribution in [3.05, 3.63) is 24.3 Å². The first-order valence-corrected chi connectivity index (χ1v) is 12.9. The Morgan fingerprint density at radius 3 is 2.46 bits per heavy atom. The summed E-state index contributed by atoms with van der Waals surface area (Å²) in [5.41, 5.74) is -1.17. The van der Waals surface area contributed by atoms with Gasteiger partial charge in [0.25, 0.3) is 0 Å². The van der Waals surface area contributed by atoms with Crippen molar-refractivity contribution >= 4 is 11.8 Å². The summed E-state index contributed by atoms with van der Waals surface area (Å²) in [6, 6.07) is 0. The van der Waals surface area contributed by atoms with Crippen molar-refractivity contribution in [2.75, 3.05) is 13.7 Å². The third-order valence-corrected chi connectivity index (χ3v) is 9.65. The predicted molar refractivity (Wildman–Crippen MR) is 130 cm³/mol. The lowest BCUT2D eigenvalue weighted by molar-refractivity contribution is -0.309. The fraction of sp³-hybridized carbons (Fsp3) is 0.778. The van der Waals surface area contributed by atoms with Crippen molar-refractivity contribution in [2.24, 2.45) is 28.1 Å². The Kier molecular flexibility index (Phi) is 7.53. The maximum Gasteiger partial charge on any atom is 0.337 e. The standard InChI is InChI=1S/C27H40O10/c1-6-25(2)8-7-14-13(10-25)15(28)9-17-26(14,3)11-16(29)22(33)27(17,4)12-36-24-20(32)18(30)19(31)21(37-24)23(34)35-5/h6,10,14,16-22,24,29-33H,1,7-9,11-12H2,2-5H3/t14?,16-,17-,18-,19+,20+,21+,22+,24-,25+,26-,27-/m1/s1. The lowest BCUT2D eigenvalue weighted by atomic mass is 9.44. The quantitative estimate of drug-likeness (QED) is 0.249. The molecule has 1 heterocycles. The molecule has 1 unspecified atom stereocenters. The van der Waals surface area contributed by atoms with Gasteiger partial charge in [0.1, 0.15) is 18.3 Å². The fourth-order valence-corrected chi connectivity index (χ4v) is 7.26. The van der Waals surface area contributed by atoms with Crippen LogP contribution in [0.2, 0.25) is 0 Å². The Morgan fingerprint density at radius 2 is 1.84 bits per heavy atom. The van der Waals surface area contributed by atoms with Gasteiger partial charge in [-0.05, 0) is 42.1 Å². The molecule has 0 amide bonds. The van der Waals surface area contributed by atoms with Crippen molar-refractivity contribution in [3.63, 3.8) is 0 Å². The predicted octanol–water partition coefficient (Wildman–Crippen LogP) is 0.239. The van der Waals surface area contributed by atoms with Crippen LogP contribution < -0.4 is 0 Å². The lowest BCUT2D eigenvalue weighted by Gasteiger charge is -2.62. The molecular formula is C27H40O10. The van der Waals surface area contributed by atoms with Gasteiger partial charge in [-0.15, -0.1) is 6.58 Å². The van der Waals surface area contributed by atoms with E-state index in [1.165, 1.54) is 0 Å². The van der Waals surface area contributed by atoms with Gasteiger partial charge in [0.2, 0.25) is 0 Å². The first kappa shape index (κ1) is 28.4. The van der Waals surface area contributed by atoms with Crippen LogP contribution in [0.4, 0.5) is 0 Å². The minimum absolute atomic E-state index is 0.00619. The van der Waals surface area contributed by atoms with Gasteiger partial charge >= 0.3 is 5.97 Å². The Balaban J connectivity index is 1.62. The summed E-state index contributed by atoms with van der Waals surface area (Å²) in [5, 5.41) is 53.1. The van der Waals surface area contributed by atoms with Gasteiger partial charge in [0.15, 0.2) is 18.2 Å². The summed E-state index contributed by atoms with van der Waals surface area (Å²) < 4.78 is 15.9. The number of ketones is 1. The molecule has 208 valence electrons. The van der Waals surface area contributed by atoms with E-state index in [0.29, 0.717) is 6.42 Å². The van der Waals surface area contributed by atoms with Crippen molar-refractivity contribution in [3.8, 4) is 0 Å². The molecule has 0 aromatic carbocycles. The number of aliphatic hydroxyl groups excluding tert-OH is 5. The maximum atomic E-state index is 13.4. The number of carbonyl (C=O) groups excluding carboxylic acids is 2. The molecule has 0 radical (unpaired) electrons. The normalized spacial score (nSPS) is 49.9. The van der Waals surface area contributed by atoms with E-state index in [1.807, 2.05) is 26.0 Å². The number of Topliss-reactive ketones (excluding diaryl/α,β-unsaturated/α-hetero) is 1. The highest BCUT2D eigenvalue weighted by Crippen LogP contribution is 2.63. The highest BCUT2D eigenvalue weighted by Gasteiger charge is 2.63. The minimum atomic E-state index is -1.74. The van der Waals surface area contributed by atoms with Crippen molar-refractivity contribution in [1.29, 1.82) is 0 Å². The summed E-state index contributed by atoms with van der Waals surface area (Å²) in [4.78, 5) is 25.5. The van der Waals surface area contributed by atoms with Crippen LogP contribution in [0.3, 0.4) is 0 Å². The molecule has 2 saturated carbocycles. The van der Waals surface area contributed by atoms with Crippen LogP contribution in [0.25, 0.3) is 0 Å². The summed E-state index contributed by atoms with van der Waals surface area (Å²) in [6.07, 6.45) is -4.70. The average Bonchev–Trinajstić information content (AvgIpc) is 2.87. The molecule has 0 spiro atoms. The molecule has 5 N–H and O–H groups in total. The van der Waals surface area contributed by atoms with E-state index in [9.17, 15) is 35.1 Å². The molecule has 0 aromatic heterocycles. The molecule has 10 nitrogen and oxygen atoms in total. The molecule has 37 heavy (non-hydrogen) atoms. The van der Waals surface area contributed by atoms with E-state index >= 15 is 0 Å².